The van der Waals surface area contributed by atoms with Gasteiger partial charge in [-0.3, -0.25) is 4.79 Å². The zero-order valence-corrected chi connectivity index (χ0v) is 15.7. The molecule has 0 aliphatic rings. The first-order valence-electron chi connectivity index (χ1n) is 7.25. The van der Waals surface area contributed by atoms with Gasteiger partial charge >= 0.3 is 0 Å². The molecular formula is C17H18BrNO4S. The number of aromatic hydroxyl groups is 1. The lowest BCUT2D eigenvalue weighted by Gasteiger charge is -2.14. The number of halogens is 1. The van der Waals surface area contributed by atoms with Crippen molar-refractivity contribution in [2.75, 3.05) is 5.32 Å². The maximum absolute atomic E-state index is 12.4. The smallest absolute Gasteiger partial charge is 0.242 e. The van der Waals surface area contributed by atoms with Gasteiger partial charge in [-0.05, 0) is 49.2 Å². The summed E-state index contributed by atoms with van der Waals surface area (Å²) in [7, 11) is -3.68. The SMILES string of the molecule is Cc1ccc(NC(=O)[C@H](C)S(=O)(=O)Cc2cccc(Br)c2)c(O)c1. The van der Waals surface area contributed by atoms with Crippen molar-refractivity contribution in [1.29, 1.82) is 0 Å². The molecule has 2 aromatic rings. The van der Waals surface area contributed by atoms with E-state index in [4.69, 9.17) is 0 Å². The van der Waals surface area contributed by atoms with Gasteiger partial charge in [0.05, 0.1) is 11.4 Å². The lowest BCUT2D eigenvalue weighted by atomic mass is 10.2. The van der Waals surface area contributed by atoms with E-state index in [2.05, 4.69) is 21.2 Å². The number of phenolic OH excluding ortho intramolecular Hbond substituents is 1. The van der Waals surface area contributed by atoms with Gasteiger partial charge in [0.2, 0.25) is 5.91 Å². The molecule has 0 fully saturated rings. The van der Waals surface area contributed by atoms with Crippen LogP contribution in [0.1, 0.15) is 18.1 Å². The third kappa shape index (κ3) is 4.58. The number of carbonyl (C=O) groups excluding carboxylic acids is 1. The highest BCUT2D eigenvalue weighted by molar-refractivity contribution is 9.10. The van der Waals surface area contributed by atoms with Crippen molar-refractivity contribution in [2.24, 2.45) is 0 Å². The Morgan fingerprint density at radius 3 is 2.58 bits per heavy atom. The topological polar surface area (TPSA) is 83.5 Å². The molecule has 0 radical (unpaired) electrons. The Morgan fingerprint density at radius 2 is 1.96 bits per heavy atom. The van der Waals surface area contributed by atoms with Crippen LogP contribution in [-0.2, 0) is 20.4 Å². The molecule has 5 nitrogen and oxygen atoms in total. The van der Waals surface area contributed by atoms with E-state index >= 15 is 0 Å². The summed E-state index contributed by atoms with van der Waals surface area (Å²) in [6.07, 6.45) is 0. The molecule has 2 rings (SSSR count). The second-order valence-electron chi connectivity index (χ2n) is 5.59. The minimum Gasteiger partial charge on any atom is -0.506 e. The molecule has 0 unspecified atom stereocenters. The number of anilines is 1. The Morgan fingerprint density at radius 1 is 1.25 bits per heavy atom. The highest BCUT2D eigenvalue weighted by Crippen LogP contribution is 2.25. The van der Waals surface area contributed by atoms with Crippen LogP contribution in [0.5, 0.6) is 5.75 Å². The quantitative estimate of drug-likeness (QED) is 0.738. The summed E-state index contributed by atoms with van der Waals surface area (Å²) in [6.45, 7) is 3.14. The van der Waals surface area contributed by atoms with Crippen molar-refractivity contribution in [1.82, 2.24) is 0 Å². The number of phenols is 1. The second-order valence-corrected chi connectivity index (χ2v) is 8.83. The number of rotatable bonds is 5. The number of amides is 1. The summed E-state index contributed by atoms with van der Waals surface area (Å²) in [6, 6.07) is 11.7. The Balaban J connectivity index is 2.13. The van der Waals surface area contributed by atoms with Crippen molar-refractivity contribution >= 4 is 37.4 Å². The molecular weight excluding hydrogens is 394 g/mol. The molecule has 24 heavy (non-hydrogen) atoms. The summed E-state index contributed by atoms with van der Waals surface area (Å²) >= 11 is 3.29. The monoisotopic (exact) mass is 411 g/mol. The molecule has 0 saturated carbocycles. The molecule has 7 heteroatoms. The van der Waals surface area contributed by atoms with Crippen LogP contribution >= 0.6 is 15.9 Å². The number of aryl methyl sites for hydroxylation is 1. The predicted octanol–water partition coefficient (Wildman–Crippen LogP) is 3.41. The fourth-order valence-electron chi connectivity index (χ4n) is 2.13. The molecule has 2 aromatic carbocycles. The third-order valence-electron chi connectivity index (χ3n) is 3.58. The van der Waals surface area contributed by atoms with E-state index in [9.17, 15) is 18.3 Å². The average Bonchev–Trinajstić information content (AvgIpc) is 2.48. The molecule has 0 heterocycles. The first-order chi connectivity index (χ1) is 11.2. The summed E-state index contributed by atoms with van der Waals surface area (Å²) in [4.78, 5) is 12.2. The zero-order chi connectivity index (χ0) is 17.9. The number of nitrogens with one attached hydrogen (secondary N) is 1. The van der Waals surface area contributed by atoms with Crippen LogP contribution in [0.4, 0.5) is 5.69 Å². The van der Waals surface area contributed by atoms with E-state index in [1.807, 2.05) is 0 Å². The molecule has 1 atom stereocenters. The summed E-state index contributed by atoms with van der Waals surface area (Å²) in [5.41, 5.74) is 1.62. The number of hydrogen-bond donors (Lipinski definition) is 2. The first-order valence-corrected chi connectivity index (χ1v) is 9.76. The summed E-state index contributed by atoms with van der Waals surface area (Å²) < 4.78 is 25.7. The minimum absolute atomic E-state index is 0.0973. The second kappa shape index (κ2) is 7.36. The predicted molar refractivity (Wildman–Crippen MR) is 97.7 cm³/mol. The molecule has 0 spiro atoms. The van der Waals surface area contributed by atoms with Crippen LogP contribution in [0, 0.1) is 6.92 Å². The van der Waals surface area contributed by atoms with Gasteiger partial charge < -0.3 is 10.4 Å². The standard InChI is InChI=1S/C17H18BrNO4S/c1-11-6-7-15(16(20)8-11)19-17(21)12(2)24(22,23)10-13-4-3-5-14(18)9-13/h3-9,12,20H,10H2,1-2H3,(H,19,21)/t12-/m0/s1. The lowest BCUT2D eigenvalue weighted by molar-refractivity contribution is -0.115. The molecule has 1 amide bonds. The van der Waals surface area contributed by atoms with E-state index < -0.39 is 21.0 Å². The molecule has 0 saturated heterocycles. The third-order valence-corrected chi connectivity index (χ3v) is 6.10. The molecule has 0 aliphatic heterocycles. The van der Waals surface area contributed by atoms with Crippen molar-refractivity contribution in [3.05, 3.63) is 58.1 Å². The van der Waals surface area contributed by atoms with Crippen LogP contribution in [0.2, 0.25) is 0 Å². The zero-order valence-electron chi connectivity index (χ0n) is 13.3. The normalized spacial score (nSPS) is 12.6. The summed E-state index contributed by atoms with van der Waals surface area (Å²) in [5, 5.41) is 11.0. The summed E-state index contributed by atoms with van der Waals surface area (Å²) in [5.74, 6) is -1.01. The van der Waals surface area contributed by atoms with E-state index in [1.54, 1.807) is 37.3 Å². The lowest BCUT2D eigenvalue weighted by Crippen LogP contribution is -2.33. The van der Waals surface area contributed by atoms with Crippen molar-refractivity contribution < 1.29 is 18.3 Å². The molecule has 0 aliphatic carbocycles. The van der Waals surface area contributed by atoms with E-state index in [0.717, 1.165) is 10.0 Å². The van der Waals surface area contributed by atoms with Gasteiger partial charge in [0.1, 0.15) is 11.0 Å². The number of carbonyl (C=O) groups is 1. The first kappa shape index (κ1) is 18.5. The van der Waals surface area contributed by atoms with Crippen LogP contribution in [0.25, 0.3) is 0 Å². The van der Waals surface area contributed by atoms with Gasteiger partial charge in [-0.25, -0.2) is 8.42 Å². The highest BCUT2D eigenvalue weighted by atomic mass is 79.9. The van der Waals surface area contributed by atoms with Crippen LogP contribution < -0.4 is 5.32 Å². The van der Waals surface area contributed by atoms with Crippen LogP contribution in [0.3, 0.4) is 0 Å². The van der Waals surface area contributed by atoms with Gasteiger partial charge in [0.15, 0.2) is 9.84 Å². The Bertz CT molecular complexity index is 865. The van der Waals surface area contributed by atoms with Crippen molar-refractivity contribution in [3.63, 3.8) is 0 Å². The van der Waals surface area contributed by atoms with Crippen LogP contribution in [-0.4, -0.2) is 24.7 Å². The fraction of sp³-hybridized carbons (Fsp3) is 0.235. The van der Waals surface area contributed by atoms with Gasteiger partial charge in [0.25, 0.3) is 0 Å². The van der Waals surface area contributed by atoms with E-state index in [0.29, 0.717) is 5.56 Å². The highest BCUT2D eigenvalue weighted by Gasteiger charge is 2.28. The Kier molecular flexibility index (Phi) is 5.66. The Labute approximate surface area is 149 Å². The maximum atomic E-state index is 12.4. The largest absolute Gasteiger partial charge is 0.506 e. The minimum atomic E-state index is -3.68. The van der Waals surface area contributed by atoms with Gasteiger partial charge in [0, 0.05) is 4.47 Å². The molecule has 2 N–H and O–H groups in total. The number of benzene rings is 2. The maximum Gasteiger partial charge on any atom is 0.242 e. The Hall–Kier alpha value is -1.86. The number of sulfone groups is 1. The molecule has 128 valence electrons. The van der Waals surface area contributed by atoms with Crippen molar-refractivity contribution in [3.8, 4) is 5.75 Å². The van der Waals surface area contributed by atoms with Gasteiger partial charge in [-0.1, -0.05) is 34.1 Å². The van der Waals surface area contributed by atoms with Crippen molar-refractivity contribution in [2.45, 2.75) is 24.9 Å². The molecule has 0 bridgehead atoms. The van der Waals surface area contributed by atoms with E-state index in [1.165, 1.54) is 19.1 Å². The van der Waals surface area contributed by atoms with Gasteiger partial charge in [-0.15, -0.1) is 0 Å². The van der Waals surface area contributed by atoms with E-state index in [-0.39, 0.29) is 17.2 Å². The van der Waals surface area contributed by atoms with Crippen LogP contribution in [0.15, 0.2) is 46.9 Å². The average molecular weight is 412 g/mol. The molecule has 0 aromatic heterocycles. The fourth-order valence-corrected chi connectivity index (χ4v) is 3.85. The van der Waals surface area contributed by atoms with Gasteiger partial charge in [-0.2, -0.15) is 0 Å². The number of hydrogen-bond acceptors (Lipinski definition) is 4.